The highest BCUT2D eigenvalue weighted by Gasteiger charge is 2.41. The molecule has 0 aliphatic carbocycles. The van der Waals surface area contributed by atoms with E-state index in [2.05, 4.69) is 287 Å². The molecule has 0 amide bonds. The lowest BCUT2D eigenvalue weighted by Gasteiger charge is -2.34. The predicted molar refractivity (Wildman–Crippen MR) is 299 cm³/mol. The van der Waals surface area contributed by atoms with Crippen LogP contribution in [0.5, 0.6) is 0 Å². The number of fused-ring (bicyclic) bond motifs is 9. The lowest BCUT2D eigenvalue weighted by molar-refractivity contribution is 1.16. The van der Waals surface area contributed by atoms with Gasteiger partial charge >= 0.3 is 0 Å². The fourth-order valence-corrected chi connectivity index (χ4v) is 16.7. The second kappa shape index (κ2) is 16.1. The average Bonchev–Trinajstić information content (AvgIpc) is 4.08. The van der Waals surface area contributed by atoms with Crippen molar-refractivity contribution in [2.75, 3.05) is 0 Å². The van der Waals surface area contributed by atoms with Gasteiger partial charge in [0.05, 0.1) is 50.2 Å². The van der Waals surface area contributed by atoms with Crippen LogP contribution < -0.4 is 20.7 Å². The summed E-state index contributed by atoms with van der Waals surface area (Å²) in [5, 5.41) is 12.9. The van der Waals surface area contributed by atoms with E-state index >= 15 is 0 Å². The summed E-state index contributed by atoms with van der Waals surface area (Å²) in [5.74, 6) is 0. The van der Waals surface area contributed by atoms with Crippen LogP contribution in [0.15, 0.2) is 273 Å². The van der Waals surface area contributed by atoms with Crippen LogP contribution >= 0.6 is 0 Å². The molecule has 328 valence electrons. The SMILES string of the molecule is c1ccc([Si](c2ccccc2)(c2ccccc2)c2ccc3c(c2)c2ccccc2n3-c2ccccc2-c2ccccc2-n2c3ccccc3c3c(-n4c5ccccc5c5ccccc54)cccc32)cc1. The molecule has 4 heteroatoms. The molecule has 14 rings (SSSR count). The molecule has 0 atom stereocenters. The second-order valence-corrected chi connectivity index (χ2v) is 22.2. The Labute approximate surface area is 407 Å². The maximum atomic E-state index is 2.52. The van der Waals surface area contributed by atoms with E-state index < -0.39 is 8.07 Å². The summed E-state index contributed by atoms with van der Waals surface area (Å²) in [6, 6.07) is 101. The molecular formula is C66H45N3Si. The van der Waals surface area contributed by atoms with Crippen molar-refractivity contribution in [1.29, 1.82) is 0 Å². The zero-order chi connectivity index (χ0) is 46.2. The number of nitrogens with zero attached hydrogens (tertiary/aromatic N) is 3. The van der Waals surface area contributed by atoms with E-state index in [4.69, 9.17) is 0 Å². The van der Waals surface area contributed by atoms with Gasteiger partial charge in [0.2, 0.25) is 0 Å². The molecule has 0 aliphatic heterocycles. The van der Waals surface area contributed by atoms with Crippen molar-refractivity contribution in [3.63, 3.8) is 0 Å². The highest BCUT2D eigenvalue weighted by atomic mass is 28.3. The minimum atomic E-state index is -2.78. The van der Waals surface area contributed by atoms with E-state index in [0.29, 0.717) is 0 Å². The standard InChI is InChI=1S/C66H45N3Si/c1-4-23-46(24-5-1)70(47-25-6-2-7-26-47,48-27-8-3-9-28-48)49-43-44-63-56(45-49)54-33-14-20-39-61(54)67(63)57-35-16-10-29-50(57)51-30-13-19-38-60(51)69-62-40-21-15-34-55(62)66-64(41-22-42-65(66)69)68-58-36-17-11-31-52(58)53-32-12-18-37-59(53)68/h1-45H. The Kier molecular flexibility index (Phi) is 9.23. The summed E-state index contributed by atoms with van der Waals surface area (Å²) in [5.41, 5.74) is 12.9. The highest BCUT2D eigenvalue weighted by Crippen LogP contribution is 2.43. The monoisotopic (exact) mass is 907 g/mol. The lowest BCUT2D eigenvalue weighted by Crippen LogP contribution is -2.74. The molecule has 0 fully saturated rings. The third-order valence-electron chi connectivity index (χ3n) is 14.8. The van der Waals surface area contributed by atoms with Crippen LogP contribution in [0.25, 0.3) is 93.6 Å². The van der Waals surface area contributed by atoms with E-state index in [9.17, 15) is 0 Å². The van der Waals surface area contributed by atoms with Crippen LogP contribution in [0.2, 0.25) is 0 Å². The van der Waals surface area contributed by atoms with Gasteiger partial charge < -0.3 is 13.7 Å². The average molecular weight is 908 g/mol. The van der Waals surface area contributed by atoms with Gasteiger partial charge in [-0.3, -0.25) is 0 Å². The van der Waals surface area contributed by atoms with Crippen LogP contribution in [0.3, 0.4) is 0 Å². The fourth-order valence-electron chi connectivity index (χ4n) is 12.0. The molecule has 0 bridgehead atoms. The lowest BCUT2D eigenvalue weighted by atomic mass is 10.0. The van der Waals surface area contributed by atoms with Gasteiger partial charge in [-0.15, -0.1) is 0 Å². The van der Waals surface area contributed by atoms with E-state index in [1.807, 2.05) is 0 Å². The molecule has 14 aromatic rings. The number of rotatable bonds is 8. The van der Waals surface area contributed by atoms with Crippen molar-refractivity contribution >= 4 is 94.2 Å². The van der Waals surface area contributed by atoms with Crippen molar-refractivity contribution < 1.29 is 0 Å². The number of hydrogen-bond acceptors (Lipinski definition) is 0. The molecule has 3 aromatic heterocycles. The first-order chi connectivity index (χ1) is 34.8. The van der Waals surface area contributed by atoms with Gasteiger partial charge in [-0.2, -0.15) is 0 Å². The maximum absolute atomic E-state index is 2.78. The number of hydrogen-bond donors (Lipinski definition) is 0. The minimum absolute atomic E-state index is 1.13. The number of aromatic nitrogens is 3. The Bertz CT molecular complexity index is 4150. The van der Waals surface area contributed by atoms with Crippen LogP contribution in [-0.4, -0.2) is 21.8 Å². The van der Waals surface area contributed by atoms with Crippen molar-refractivity contribution in [3.05, 3.63) is 273 Å². The third kappa shape index (κ3) is 5.87. The van der Waals surface area contributed by atoms with Crippen molar-refractivity contribution in [3.8, 4) is 28.2 Å². The molecule has 3 nitrogen and oxygen atoms in total. The molecule has 0 aliphatic rings. The topological polar surface area (TPSA) is 14.8 Å². The molecular weight excluding hydrogens is 863 g/mol. The van der Waals surface area contributed by atoms with Gasteiger partial charge in [-0.25, -0.2) is 0 Å². The molecule has 0 saturated carbocycles. The summed E-state index contributed by atoms with van der Waals surface area (Å²) in [6.07, 6.45) is 0. The Balaban J connectivity index is 1.00. The Morgan fingerprint density at radius 3 is 1.07 bits per heavy atom. The molecule has 0 unspecified atom stereocenters. The van der Waals surface area contributed by atoms with Crippen molar-refractivity contribution in [2.24, 2.45) is 0 Å². The van der Waals surface area contributed by atoms with Gasteiger partial charge in [0, 0.05) is 43.4 Å². The molecule has 0 spiro atoms. The zero-order valence-electron chi connectivity index (χ0n) is 38.3. The van der Waals surface area contributed by atoms with E-state index in [0.717, 1.165) is 28.0 Å². The Morgan fingerprint density at radius 2 is 0.557 bits per heavy atom. The molecule has 11 aromatic carbocycles. The molecule has 0 N–H and O–H groups in total. The first kappa shape index (κ1) is 40.1. The van der Waals surface area contributed by atoms with E-state index in [1.54, 1.807) is 0 Å². The Hall–Kier alpha value is -8.96. The first-order valence-corrected chi connectivity index (χ1v) is 26.2. The third-order valence-corrected chi connectivity index (χ3v) is 19.6. The van der Waals surface area contributed by atoms with E-state index in [-0.39, 0.29) is 0 Å². The molecule has 3 heterocycles. The smallest absolute Gasteiger partial charge is 0.179 e. The largest absolute Gasteiger partial charge is 0.309 e. The normalized spacial score (nSPS) is 12.0. The first-order valence-electron chi connectivity index (χ1n) is 24.2. The van der Waals surface area contributed by atoms with Crippen molar-refractivity contribution in [2.45, 2.75) is 0 Å². The second-order valence-electron chi connectivity index (χ2n) is 18.4. The predicted octanol–water partition coefficient (Wildman–Crippen LogP) is 14.0. The molecule has 0 radical (unpaired) electrons. The summed E-state index contributed by atoms with van der Waals surface area (Å²) >= 11 is 0. The van der Waals surface area contributed by atoms with Gasteiger partial charge in [0.1, 0.15) is 0 Å². The molecule has 0 saturated heterocycles. The summed E-state index contributed by atoms with van der Waals surface area (Å²) in [4.78, 5) is 0. The molecule has 70 heavy (non-hydrogen) atoms. The van der Waals surface area contributed by atoms with Gasteiger partial charge in [-0.1, -0.05) is 218 Å². The van der Waals surface area contributed by atoms with Crippen LogP contribution in [0, 0.1) is 0 Å². The van der Waals surface area contributed by atoms with Crippen LogP contribution in [0.1, 0.15) is 0 Å². The van der Waals surface area contributed by atoms with Gasteiger partial charge in [-0.05, 0) is 75.3 Å². The number of para-hydroxylation sites is 6. The summed E-state index contributed by atoms with van der Waals surface area (Å²) < 4.78 is 7.46. The fraction of sp³-hybridized carbons (Fsp3) is 0. The van der Waals surface area contributed by atoms with Crippen LogP contribution in [-0.2, 0) is 0 Å². The minimum Gasteiger partial charge on any atom is -0.309 e. The van der Waals surface area contributed by atoms with Gasteiger partial charge in [0.25, 0.3) is 0 Å². The maximum Gasteiger partial charge on any atom is 0.179 e. The highest BCUT2D eigenvalue weighted by molar-refractivity contribution is 7.20. The van der Waals surface area contributed by atoms with Gasteiger partial charge in [0.15, 0.2) is 8.07 Å². The van der Waals surface area contributed by atoms with Crippen molar-refractivity contribution in [1.82, 2.24) is 13.7 Å². The quantitative estimate of drug-likeness (QED) is 0.107. The summed E-state index contributed by atoms with van der Waals surface area (Å²) in [7, 11) is -2.78. The Morgan fingerprint density at radius 1 is 0.214 bits per heavy atom. The van der Waals surface area contributed by atoms with Crippen LogP contribution in [0.4, 0.5) is 0 Å². The summed E-state index contributed by atoms with van der Waals surface area (Å²) in [6.45, 7) is 0. The van der Waals surface area contributed by atoms with E-state index in [1.165, 1.54) is 86.3 Å². The zero-order valence-corrected chi connectivity index (χ0v) is 39.3. The number of benzene rings is 11.